The van der Waals surface area contributed by atoms with Gasteiger partial charge in [-0.3, -0.25) is 14.4 Å². The second-order valence-corrected chi connectivity index (χ2v) is 17.1. The number of rotatable bonds is 10. The first kappa shape index (κ1) is 41.0. The third-order valence-electron chi connectivity index (χ3n) is 10.6. The van der Waals surface area contributed by atoms with Crippen LogP contribution in [0.2, 0.25) is 0 Å². The van der Waals surface area contributed by atoms with Crippen molar-refractivity contribution in [3.8, 4) is 11.8 Å². The van der Waals surface area contributed by atoms with Crippen molar-refractivity contribution in [3.05, 3.63) is 93.8 Å². The van der Waals surface area contributed by atoms with Crippen molar-refractivity contribution in [2.45, 2.75) is 110 Å². The molecule has 12 nitrogen and oxygen atoms in total. The minimum absolute atomic E-state index is 0.0381. The van der Waals surface area contributed by atoms with E-state index in [-0.39, 0.29) is 55.5 Å². The van der Waals surface area contributed by atoms with Gasteiger partial charge in [-0.15, -0.1) is 0 Å². The molecule has 0 saturated carbocycles. The number of piperidine rings is 1. The van der Waals surface area contributed by atoms with Gasteiger partial charge in [0.05, 0.1) is 29.9 Å². The molecule has 6 rings (SSSR count). The van der Waals surface area contributed by atoms with Crippen molar-refractivity contribution in [2.24, 2.45) is 11.7 Å². The number of hydrogen-bond acceptors (Lipinski definition) is 9. The smallest absolute Gasteiger partial charge is 0.410 e. The lowest BCUT2D eigenvalue weighted by atomic mass is 9.79. The maximum Gasteiger partial charge on any atom is 0.410 e. The van der Waals surface area contributed by atoms with Gasteiger partial charge in [0.1, 0.15) is 35.4 Å². The molecule has 3 amide bonds. The molecule has 0 aromatic heterocycles. The highest BCUT2D eigenvalue weighted by Gasteiger charge is 2.41. The lowest BCUT2D eigenvalue weighted by Gasteiger charge is -2.45. The Morgan fingerprint density at radius 1 is 0.965 bits per heavy atom. The van der Waals surface area contributed by atoms with Crippen LogP contribution in [0.25, 0.3) is 0 Å². The minimum atomic E-state index is -0.997. The highest BCUT2D eigenvalue weighted by Crippen LogP contribution is 2.42. The molecule has 302 valence electrons. The summed E-state index contributed by atoms with van der Waals surface area (Å²) >= 11 is 0. The second kappa shape index (κ2) is 16.5. The number of anilines is 1. The molecule has 2 N–H and O–H groups in total. The molecule has 13 heteroatoms. The quantitative estimate of drug-likeness (QED) is 0.215. The SMILES string of the molecule is CC(C)(C)OC(=O)CC[C@@H](C(N)=O)N1Cc2c(OCc3ccc4c(c3)CCN(C(=O)OC(C)(C)C)[C@@H]4C3CCN(c4ccc(C#N)cc4F)CC3)cccc2C1=O. The zero-order chi connectivity index (χ0) is 41.2. The summed E-state index contributed by atoms with van der Waals surface area (Å²) in [7, 11) is 0. The highest BCUT2D eigenvalue weighted by molar-refractivity contribution is 6.01. The van der Waals surface area contributed by atoms with E-state index in [1.54, 1.807) is 51.1 Å². The number of nitrogens with zero attached hydrogens (tertiary/aromatic N) is 4. The summed E-state index contributed by atoms with van der Waals surface area (Å²) in [5, 5.41) is 9.18. The van der Waals surface area contributed by atoms with Gasteiger partial charge >= 0.3 is 12.1 Å². The fourth-order valence-corrected chi connectivity index (χ4v) is 8.10. The molecular formula is C44H52FN5O7. The number of amides is 3. The van der Waals surface area contributed by atoms with Crippen LogP contribution in [-0.4, -0.2) is 70.6 Å². The number of hydrogen-bond donors (Lipinski definition) is 1. The van der Waals surface area contributed by atoms with Crippen molar-refractivity contribution in [1.82, 2.24) is 9.80 Å². The number of nitriles is 1. The molecule has 0 radical (unpaired) electrons. The molecule has 0 unspecified atom stereocenters. The minimum Gasteiger partial charge on any atom is -0.489 e. The fraction of sp³-hybridized carbons (Fsp3) is 0.477. The average Bonchev–Trinajstić information content (AvgIpc) is 3.47. The molecule has 2 atom stereocenters. The van der Waals surface area contributed by atoms with Crippen molar-refractivity contribution in [1.29, 1.82) is 5.26 Å². The maximum absolute atomic E-state index is 14.9. The van der Waals surface area contributed by atoms with Gasteiger partial charge in [-0.1, -0.05) is 24.3 Å². The third-order valence-corrected chi connectivity index (χ3v) is 10.6. The Morgan fingerprint density at radius 2 is 1.68 bits per heavy atom. The molecule has 3 aliphatic rings. The Morgan fingerprint density at radius 3 is 2.33 bits per heavy atom. The van der Waals surface area contributed by atoms with Gasteiger partial charge in [-0.25, -0.2) is 9.18 Å². The van der Waals surface area contributed by atoms with E-state index < -0.39 is 34.9 Å². The van der Waals surface area contributed by atoms with Crippen molar-refractivity contribution in [2.75, 3.05) is 24.5 Å². The van der Waals surface area contributed by atoms with E-state index in [9.17, 15) is 28.8 Å². The topological polar surface area (TPSA) is 155 Å². The number of benzene rings is 3. The van der Waals surface area contributed by atoms with E-state index in [0.29, 0.717) is 48.6 Å². The number of carbonyl (C=O) groups is 4. The second-order valence-electron chi connectivity index (χ2n) is 17.1. The summed E-state index contributed by atoms with van der Waals surface area (Å²) in [6, 6.07) is 16.7. The molecule has 57 heavy (non-hydrogen) atoms. The summed E-state index contributed by atoms with van der Waals surface area (Å²) in [5.74, 6) is -1.35. The normalized spacial score (nSPS) is 17.7. The largest absolute Gasteiger partial charge is 0.489 e. The van der Waals surface area contributed by atoms with Crippen molar-refractivity contribution < 1.29 is 37.8 Å². The Balaban J connectivity index is 1.17. The number of primary amides is 1. The number of fused-ring (bicyclic) bond motifs is 2. The van der Waals surface area contributed by atoms with Gasteiger partial charge in [0.15, 0.2) is 0 Å². The van der Waals surface area contributed by atoms with Gasteiger partial charge in [0.2, 0.25) is 5.91 Å². The lowest BCUT2D eigenvalue weighted by molar-refractivity contribution is -0.155. The highest BCUT2D eigenvalue weighted by atomic mass is 19.1. The van der Waals surface area contributed by atoms with Crippen LogP contribution in [0, 0.1) is 23.1 Å². The number of ether oxygens (including phenoxy) is 3. The van der Waals surface area contributed by atoms with Gasteiger partial charge in [-0.2, -0.15) is 5.26 Å². The first-order valence-corrected chi connectivity index (χ1v) is 19.5. The van der Waals surface area contributed by atoms with Gasteiger partial charge in [0.25, 0.3) is 5.91 Å². The van der Waals surface area contributed by atoms with Crippen molar-refractivity contribution in [3.63, 3.8) is 0 Å². The van der Waals surface area contributed by atoms with Gasteiger partial charge < -0.3 is 34.6 Å². The zero-order valence-electron chi connectivity index (χ0n) is 33.6. The van der Waals surface area contributed by atoms with Gasteiger partial charge in [0, 0.05) is 37.2 Å². The Bertz CT molecular complexity index is 2080. The summed E-state index contributed by atoms with van der Waals surface area (Å²) in [6.45, 7) is 12.8. The van der Waals surface area contributed by atoms with E-state index in [1.807, 2.05) is 42.7 Å². The monoisotopic (exact) mass is 781 g/mol. The molecule has 1 fully saturated rings. The van der Waals surface area contributed by atoms with Crippen LogP contribution in [0.15, 0.2) is 54.6 Å². The summed E-state index contributed by atoms with van der Waals surface area (Å²) in [5.41, 5.74) is 9.26. The van der Waals surface area contributed by atoms with Crippen molar-refractivity contribution >= 4 is 29.6 Å². The fourth-order valence-electron chi connectivity index (χ4n) is 8.10. The van der Waals surface area contributed by atoms with Crippen LogP contribution in [0.1, 0.15) is 111 Å². The van der Waals surface area contributed by atoms with Crippen LogP contribution in [0.4, 0.5) is 14.9 Å². The van der Waals surface area contributed by atoms with Crippen LogP contribution >= 0.6 is 0 Å². The molecule has 3 aromatic carbocycles. The zero-order valence-corrected chi connectivity index (χ0v) is 33.6. The molecule has 0 aliphatic carbocycles. The van der Waals surface area contributed by atoms with E-state index >= 15 is 0 Å². The van der Waals surface area contributed by atoms with Crippen LogP contribution in [0.3, 0.4) is 0 Å². The average molecular weight is 782 g/mol. The van der Waals surface area contributed by atoms with E-state index in [1.165, 1.54) is 11.0 Å². The van der Waals surface area contributed by atoms with E-state index in [0.717, 1.165) is 29.5 Å². The van der Waals surface area contributed by atoms with E-state index in [2.05, 4.69) is 12.1 Å². The number of nitrogens with two attached hydrogens (primary N) is 1. The Kier molecular flexibility index (Phi) is 11.8. The first-order valence-electron chi connectivity index (χ1n) is 19.5. The maximum atomic E-state index is 14.9. The molecular weight excluding hydrogens is 730 g/mol. The molecule has 3 aliphatic heterocycles. The summed E-state index contributed by atoms with van der Waals surface area (Å²) in [6.07, 6.45) is 1.67. The Hall–Kier alpha value is -5.64. The molecule has 0 spiro atoms. The first-order chi connectivity index (χ1) is 26.9. The molecule has 3 heterocycles. The summed E-state index contributed by atoms with van der Waals surface area (Å²) < 4.78 is 32.5. The summed E-state index contributed by atoms with van der Waals surface area (Å²) in [4.78, 5) is 57.4. The van der Waals surface area contributed by atoms with E-state index in [4.69, 9.17) is 19.9 Å². The predicted octanol–water partition coefficient (Wildman–Crippen LogP) is 6.96. The number of halogens is 1. The van der Waals surface area contributed by atoms with Gasteiger partial charge in [-0.05, 0) is 120 Å². The Labute approximate surface area is 333 Å². The predicted molar refractivity (Wildman–Crippen MR) is 211 cm³/mol. The van der Waals surface area contributed by atoms with Crippen LogP contribution < -0.4 is 15.4 Å². The molecule has 3 aromatic rings. The standard InChI is InChI=1S/C44H52FN5O7/c1-43(2,3)56-38(51)15-14-36(40(47)52)50-25-33-32(41(50)53)8-7-9-37(33)55-26-28-10-12-31-30(22-28)18-21-49(42(54)57-44(4,5)6)39(31)29-16-19-48(20-17-29)35-13-11-27(24-46)23-34(35)45/h7-13,22-23,29,36,39H,14-21,25-26H2,1-6H3,(H2,47,52)/t36-,39+/m0/s1. The van der Waals surface area contributed by atoms with Crippen LogP contribution in [-0.2, 0) is 38.6 Å². The van der Waals surface area contributed by atoms with Crippen LogP contribution in [0.5, 0.6) is 5.75 Å². The number of carbonyl (C=O) groups excluding carboxylic acids is 4. The number of esters is 1. The molecule has 0 bridgehead atoms. The molecule has 1 saturated heterocycles. The third kappa shape index (κ3) is 9.50. The lowest BCUT2D eigenvalue weighted by Crippen LogP contribution is -2.48.